The lowest BCUT2D eigenvalue weighted by Gasteiger charge is -2.45. The van der Waals surface area contributed by atoms with Crippen LogP contribution < -0.4 is 14.8 Å². The maximum Gasteiger partial charge on any atom is 0.223 e. The van der Waals surface area contributed by atoms with E-state index >= 15 is 0 Å². The van der Waals surface area contributed by atoms with Crippen molar-refractivity contribution in [2.24, 2.45) is 0 Å². The highest BCUT2D eigenvalue weighted by molar-refractivity contribution is 6.30. The van der Waals surface area contributed by atoms with Gasteiger partial charge in [-0.3, -0.25) is 9.59 Å². The van der Waals surface area contributed by atoms with E-state index in [2.05, 4.69) is 30.4 Å². The number of benzene rings is 2. The van der Waals surface area contributed by atoms with E-state index in [9.17, 15) is 9.59 Å². The first kappa shape index (κ1) is 31.4. The SMILES string of the molecule is COc1ccc(OC)c(CN(Cc2ccco2)C(=O)CCC(=O)NC2CCC(Cc3cccc(Cl)c3)(N(C)C)CC2)c1. The third kappa shape index (κ3) is 8.29. The lowest BCUT2D eigenvalue weighted by atomic mass is 9.75. The highest BCUT2D eigenvalue weighted by Gasteiger charge is 2.37. The number of carbonyl (C=O) groups is 2. The molecule has 9 heteroatoms. The normalized spacial score (nSPS) is 18.5. The van der Waals surface area contributed by atoms with E-state index in [-0.39, 0.29) is 42.8 Å². The fourth-order valence-electron chi connectivity index (χ4n) is 5.82. The van der Waals surface area contributed by atoms with Gasteiger partial charge in [0.15, 0.2) is 0 Å². The molecule has 1 N–H and O–H groups in total. The molecule has 4 rings (SSSR count). The second-order valence-corrected chi connectivity index (χ2v) is 11.7. The number of ether oxygens (including phenoxy) is 2. The number of furan rings is 1. The standard InChI is InChI=1S/C33H42ClN3O5/c1-36(2)33(21-24-7-5-8-26(34)19-24)16-14-27(15-17-33)35-31(38)12-13-32(39)37(23-29-9-6-18-42-29)22-25-20-28(40-3)10-11-30(25)41-4/h5-11,18-20,27H,12-17,21-23H2,1-4H3,(H,35,38). The van der Waals surface area contributed by atoms with E-state index in [1.165, 1.54) is 5.56 Å². The van der Waals surface area contributed by atoms with Gasteiger partial charge in [0.25, 0.3) is 0 Å². The van der Waals surface area contributed by atoms with Crippen molar-refractivity contribution in [2.75, 3.05) is 28.3 Å². The lowest BCUT2D eigenvalue weighted by molar-refractivity contribution is -0.135. The molecule has 0 atom stereocenters. The van der Waals surface area contributed by atoms with Crippen LogP contribution in [0.1, 0.15) is 55.4 Å². The summed E-state index contributed by atoms with van der Waals surface area (Å²) in [7, 11) is 7.46. The van der Waals surface area contributed by atoms with Gasteiger partial charge in [0, 0.05) is 41.6 Å². The van der Waals surface area contributed by atoms with Crippen molar-refractivity contribution in [3.05, 3.63) is 82.8 Å². The number of nitrogens with one attached hydrogen (secondary N) is 1. The van der Waals surface area contributed by atoms with Crippen molar-refractivity contribution in [1.29, 1.82) is 0 Å². The van der Waals surface area contributed by atoms with Gasteiger partial charge in [-0.2, -0.15) is 0 Å². The summed E-state index contributed by atoms with van der Waals surface area (Å²) >= 11 is 6.24. The Morgan fingerprint density at radius 1 is 1.00 bits per heavy atom. The summed E-state index contributed by atoms with van der Waals surface area (Å²) in [5.74, 6) is 1.76. The third-order valence-electron chi connectivity index (χ3n) is 8.35. The molecule has 2 aromatic carbocycles. The van der Waals surface area contributed by atoms with Crippen LogP contribution in [0.3, 0.4) is 0 Å². The van der Waals surface area contributed by atoms with E-state index in [0.29, 0.717) is 23.8 Å². The van der Waals surface area contributed by atoms with Crippen molar-refractivity contribution in [3.8, 4) is 11.5 Å². The zero-order chi connectivity index (χ0) is 30.1. The van der Waals surface area contributed by atoms with Gasteiger partial charge < -0.3 is 29.0 Å². The number of rotatable bonds is 13. The Hall–Kier alpha value is -3.49. The van der Waals surface area contributed by atoms with Crippen molar-refractivity contribution in [1.82, 2.24) is 15.1 Å². The van der Waals surface area contributed by atoms with Gasteiger partial charge in [-0.05, 0) is 94.2 Å². The molecule has 1 fully saturated rings. The monoisotopic (exact) mass is 595 g/mol. The molecule has 1 aromatic heterocycles. The second-order valence-electron chi connectivity index (χ2n) is 11.3. The van der Waals surface area contributed by atoms with Crippen molar-refractivity contribution >= 4 is 23.4 Å². The topological polar surface area (TPSA) is 84.2 Å². The van der Waals surface area contributed by atoms with Gasteiger partial charge in [-0.25, -0.2) is 0 Å². The Kier molecular flexibility index (Phi) is 10.9. The molecule has 42 heavy (non-hydrogen) atoms. The smallest absolute Gasteiger partial charge is 0.223 e. The summed E-state index contributed by atoms with van der Waals surface area (Å²) in [6.07, 6.45) is 6.44. The van der Waals surface area contributed by atoms with Gasteiger partial charge in [-0.1, -0.05) is 23.7 Å². The summed E-state index contributed by atoms with van der Waals surface area (Å²) in [5, 5.41) is 3.94. The first-order chi connectivity index (χ1) is 20.2. The molecule has 0 spiro atoms. The van der Waals surface area contributed by atoms with Crippen LogP contribution in [0, 0.1) is 0 Å². The molecule has 1 heterocycles. The molecule has 3 aromatic rings. The number of hydrogen-bond acceptors (Lipinski definition) is 6. The lowest BCUT2D eigenvalue weighted by Crippen LogP contribution is -2.52. The molecule has 1 aliphatic rings. The molecule has 226 valence electrons. The number of methoxy groups -OCH3 is 2. The predicted molar refractivity (Wildman–Crippen MR) is 164 cm³/mol. The van der Waals surface area contributed by atoms with Gasteiger partial charge in [0.05, 0.1) is 27.0 Å². The van der Waals surface area contributed by atoms with Crippen LogP contribution in [0.15, 0.2) is 65.3 Å². The molecular weight excluding hydrogens is 554 g/mol. The maximum absolute atomic E-state index is 13.4. The predicted octanol–water partition coefficient (Wildman–Crippen LogP) is 5.86. The quantitative estimate of drug-likeness (QED) is 0.266. The molecular formula is C33H42ClN3O5. The molecule has 8 nitrogen and oxygen atoms in total. The van der Waals surface area contributed by atoms with E-state index < -0.39 is 0 Å². The van der Waals surface area contributed by atoms with Gasteiger partial charge in [-0.15, -0.1) is 0 Å². The average Bonchev–Trinajstić information content (AvgIpc) is 3.50. The zero-order valence-electron chi connectivity index (χ0n) is 25.0. The minimum Gasteiger partial charge on any atom is -0.497 e. The van der Waals surface area contributed by atoms with Crippen LogP contribution in [0.25, 0.3) is 0 Å². The van der Waals surface area contributed by atoms with Crippen LogP contribution in [-0.4, -0.2) is 61.5 Å². The van der Waals surface area contributed by atoms with Crippen LogP contribution >= 0.6 is 11.6 Å². The fourth-order valence-corrected chi connectivity index (χ4v) is 6.03. The van der Waals surface area contributed by atoms with Crippen LogP contribution in [-0.2, 0) is 29.1 Å². The number of halogens is 1. The van der Waals surface area contributed by atoms with Gasteiger partial charge in [0.2, 0.25) is 11.8 Å². The molecule has 0 unspecified atom stereocenters. The first-order valence-corrected chi connectivity index (χ1v) is 14.8. The number of likely N-dealkylation sites (N-methyl/N-ethyl adjacent to an activating group) is 1. The minimum absolute atomic E-state index is 0.0232. The summed E-state index contributed by atoms with van der Waals surface area (Å²) in [6, 6.07) is 17.3. The van der Waals surface area contributed by atoms with Crippen LogP contribution in [0.2, 0.25) is 5.02 Å². The fraction of sp³-hybridized carbons (Fsp3) is 0.455. The average molecular weight is 596 g/mol. The highest BCUT2D eigenvalue weighted by Crippen LogP contribution is 2.36. The summed E-state index contributed by atoms with van der Waals surface area (Å²) in [4.78, 5) is 30.4. The maximum atomic E-state index is 13.4. The number of hydrogen-bond donors (Lipinski definition) is 1. The third-order valence-corrected chi connectivity index (χ3v) is 8.58. The summed E-state index contributed by atoms with van der Waals surface area (Å²) in [6.45, 7) is 0.582. The Morgan fingerprint density at radius 2 is 1.79 bits per heavy atom. The van der Waals surface area contributed by atoms with Crippen molar-refractivity contribution in [2.45, 2.75) is 69.6 Å². The Labute approximate surface area is 253 Å². The highest BCUT2D eigenvalue weighted by atomic mass is 35.5. The molecule has 0 saturated heterocycles. The minimum atomic E-state index is -0.136. The summed E-state index contributed by atoms with van der Waals surface area (Å²) < 4.78 is 16.4. The van der Waals surface area contributed by atoms with E-state index in [1.807, 2.05) is 42.5 Å². The van der Waals surface area contributed by atoms with Crippen molar-refractivity contribution in [3.63, 3.8) is 0 Å². The Balaban J connectivity index is 1.33. The zero-order valence-corrected chi connectivity index (χ0v) is 25.8. The van der Waals surface area contributed by atoms with Gasteiger partial charge in [0.1, 0.15) is 17.3 Å². The molecule has 0 aliphatic heterocycles. The first-order valence-electron chi connectivity index (χ1n) is 14.4. The Bertz CT molecular complexity index is 1320. The largest absolute Gasteiger partial charge is 0.497 e. The summed E-state index contributed by atoms with van der Waals surface area (Å²) in [5.41, 5.74) is 2.06. The van der Waals surface area contributed by atoms with Gasteiger partial charge >= 0.3 is 0 Å². The number of amides is 2. The number of nitrogens with zero attached hydrogens (tertiary/aromatic N) is 2. The van der Waals surface area contributed by atoms with E-state index in [0.717, 1.165) is 42.7 Å². The van der Waals surface area contributed by atoms with E-state index in [1.54, 1.807) is 31.4 Å². The molecule has 1 saturated carbocycles. The second kappa shape index (κ2) is 14.6. The molecule has 0 bridgehead atoms. The van der Waals surface area contributed by atoms with Crippen molar-refractivity contribution < 1.29 is 23.5 Å². The van der Waals surface area contributed by atoms with E-state index in [4.69, 9.17) is 25.5 Å². The number of carbonyl (C=O) groups excluding carboxylic acids is 2. The molecule has 0 radical (unpaired) electrons. The Morgan fingerprint density at radius 3 is 2.43 bits per heavy atom. The molecule has 2 amide bonds. The van der Waals surface area contributed by atoms with Crippen LogP contribution in [0.5, 0.6) is 11.5 Å². The molecule has 1 aliphatic carbocycles. The van der Waals surface area contributed by atoms with Crippen LogP contribution in [0.4, 0.5) is 0 Å².